The van der Waals surface area contributed by atoms with E-state index in [1.165, 1.54) is 5.56 Å². The quantitative estimate of drug-likeness (QED) is 0.797. The van der Waals surface area contributed by atoms with Crippen molar-refractivity contribution >= 4 is 8.32 Å². The minimum Gasteiger partial charge on any atom is -0.400 e. The van der Waals surface area contributed by atoms with E-state index in [-0.39, 0.29) is 0 Å². The molecular weight excluding hydrogens is 264 g/mol. The summed E-state index contributed by atoms with van der Waals surface area (Å²) in [6.07, 6.45) is 1.64. The summed E-state index contributed by atoms with van der Waals surface area (Å²) in [6.45, 7) is 9.31. The normalized spacial score (nSPS) is 19.5. The predicted octanol–water partition coefficient (Wildman–Crippen LogP) is 3.40. The highest BCUT2D eigenvalue weighted by Gasteiger charge is 2.39. The molecule has 1 saturated heterocycles. The number of nitrogens with zero attached hydrogens (tertiary/aromatic N) is 2. The molecule has 1 aliphatic heterocycles. The van der Waals surface area contributed by atoms with Crippen LogP contribution in [0.4, 0.5) is 0 Å². The van der Waals surface area contributed by atoms with Gasteiger partial charge in [0.2, 0.25) is 0 Å². The Bertz CT molecular complexity index is 467. The van der Waals surface area contributed by atoms with Crippen molar-refractivity contribution in [2.24, 2.45) is 0 Å². The van der Waals surface area contributed by atoms with Crippen molar-refractivity contribution in [1.82, 2.24) is 4.90 Å². The predicted molar refractivity (Wildman–Crippen MR) is 83.7 cm³/mol. The van der Waals surface area contributed by atoms with E-state index in [1.54, 1.807) is 0 Å². The summed E-state index contributed by atoms with van der Waals surface area (Å²) in [5.74, 6) is 0. The van der Waals surface area contributed by atoms with Gasteiger partial charge in [0.1, 0.15) is 5.60 Å². The fourth-order valence-electron chi connectivity index (χ4n) is 2.74. The maximum Gasteiger partial charge on any atom is 0.185 e. The van der Waals surface area contributed by atoms with Crippen molar-refractivity contribution in [3.05, 3.63) is 35.9 Å². The minimum absolute atomic E-state index is 0.544. The molecular formula is C16H24N2OSi. The van der Waals surface area contributed by atoms with Gasteiger partial charge in [-0.05, 0) is 25.2 Å². The molecule has 0 N–H and O–H groups in total. The van der Waals surface area contributed by atoms with Crippen molar-refractivity contribution < 1.29 is 4.43 Å². The molecule has 1 aromatic rings. The average molecular weight is 288 g/mol. The third-order valence-electron chi connectivity index (χ3n) is 3.62. The number of piperidine rings is 1. The first-order valence-electron chi connectivity index (χ1n) is 7.30. The van der Waals surface area contributed by atoms with Crippen LogP contribution in [0.25, 0.3) is 0 Å². The zero-order valence-corrected chi connectivity index (χ0v) is 13.7. The molecule has 2 rings (SSSR count). The number of benzene rings is 1. The van der Waals surface area contributed by atoms with E-state index < -0.39 is 13.9 Å². The summed E-state index contributed by atoms with van der Waals surface area (Å²) in [7, 11) is -1.68. The molecule has 4 heteroatoms. The van der Waals surface area contributed by atoms with E-state index in [0.717, 1.165) is 32.5 Å². The van der Waals surface area contributed by atoms with Gasteiger partial charge in [-0.2, -0.15) is 5.26 Å². The summed E-state index contributed by atoms with van der Waals surface area (Å²) in [4.78, 5) is 2.42. The monoisotopic (exact) mass is 288 g/mol. The number of hydrogen-bond donors (Lipinski definition) is 0. The zero-order valence-electron chi connectivity index (χ0n) is 12.7. The van der Waals surface area contributed by atoms with Crippen LogP contribution in [-0.2, 0) is 11.0 Å². The average Bonchev–Trinajstić information content (AvgIpc) is 2.41. The lowest BCUT2D eigenvalue weighted by Gasteiger charge is -2.40. The van der Waals surface area contributed by atoms with Crippen LogP contribution in [0.1, 0.15) is 18.4 Å². The molecule has 0 aromatic heterocycles. The van der Waals surface area contributed by atoms with E-state index in [4.69, 9.17) is 4.43 Å². The SMILES string of the molecule is C[Si](C)(C)OC1(C#N)CCN(Cc2ccccc2)CC1. The largest absolute Gasteiger partial charge is 0.400 e. The van der Waals surface area contributed by atoms with Gasteiger partial charge < -0.3 is 4.43 Å². The molecule has 0 amide bonds. The van der Waals surface area contributed by atoms with Crippen LogP contribution in [0.3, 0.4) is 0 Å². The van der Waals surface area contributed by atoms with Crippen LogP contribution in [-0.4, -0.2) is 31.9 Å². The number of rotatable bonds is 4. The van der Waals surface area contributed by atoms with Crippen molar-refractivity contribution in [2.75, 3.05) is 13.1 Å². The number of likely N-dealkylation sites (tertiary alicyclic amines) is 1. The molecule has 0 saturated carbocycles. The standard InChI is InChI=1S/C16H24N2OSi/c1-20(2,3)19-16(14-17)9-11-18(12-10-16)13-15-7-5-4-6-8-15/h4-8H,9-13H2,1-3H3. The zero-order chi connectivity index (χ0) is 14.6. The number of hydrogen-bond acceptors (Lipinski definition) is 3. The highest BCUT2D eigenvalue weighted by molar-refractivity contribution is 6.69. The van der Waals surface area contributed by atoms with E-state index in [0.29, 0.717) is 0 Å². The summed E-state index contributed by atoms with van der Waals surface area (Å²) in [5.41, 5.74) is 0.792. The van der Waals surface area contributed by atoms with Gasteiger partial charge in [-0.25, -0.2) is 0 Å². The molecule has 1 fully saturated rings. The third kappa shape index (κ3) is 4.17. The molecule has 0 bridgehead atoms. The molecule has 0 aliphatic carbocycles. The highest BCUT2D eigenvalue weighted by atomic mass is 28.4. The van der Waals surface area contributed by atoms with Gasteiger partial charge in [-0.15, -0.1) is 0 Å². The van der Waals surface area contributed by atoms with Crippen molar-refractivity contribution in [3.63, 3.8) is 0 Å². The molecule has 3 nitrogen and oxygen atoms in total. The first kappa shape index (κ1) is 15.2. The second kappa shape index (κ2) is 6.09. The molecule has 0 unspecified atom stereocenters. The van der Waals surface area contributed by atoms with E-state index >= 15 is 0 Å². The summed E-state index contributed by atoms with van der Waals surface area (Å²) in [5, 5.41) is 9.51. The Kier molecular flexibility index (Phi) is 4.64. The Morgan fingerprint density at radius 2 is 1.80 bits per heavy atom. The summed E-state index contributed by atoms with van der Waals surface area (Å²) >= 11 is 0. The fraction of sp³-hybridized carbons (Fsp3) is 0.562. The van der Waals surface area contributed by atoms with Gasteiger partial charge in [-0.1, -0.05) is 30.3 Å². The topological polar surface area (TPSA) is 36.3 Å². The van der Waals surface area contributed by atoms with Crippen LogP contribution in [0.2, 0.25) is 19.6 Å². The van der Waals surface area contributed by atoms with E-state index in [2.05, 4.69) is 54.9 Å². The molecule has 108 valence electrons. The van der Waals surface area contributed by atoms with Gasteiger partial charge in [0.25, 0.3) is 0 Å². The van der Waals surface area contributed by atoms with Crippen LogP contribution >= 0.6 is 0 Å². The second-order valence-corrected chi connectivity index (χ2v) is 11.0. The number of nitriles is 1. The highest BCUT2D eigenvalue weighted by Crippen LogP contribution is 2.29. The first-order chi connectivity index (χ1) is 9.42. The van der Waals surface area contributed by atoms with Crippen LogP contribution in [0.15, 0.2) is 30.3 Å². The lowest BCUT2D eigenvalue weighted by atomic mass is 9.93. The smallest absolute Gasteiger partial charge is 0.185 e. The van der Waals surface area contributed by atoms with Gasteiger partial charge >= 0.3 is 0 Å². The maximum atomic E-state index is 9.51. The Morgan fingerprint density at radius 1 is 1.20 bits per heavy atom. The lowest BCUT2D eigenvalue weighted by molar-refractivity contribution is 0.0377. The lowest BCUT2D eigenvalue weighted by Crippen LogP contribution is -2.49. The Morgan fingerprint density at radius 3 is 2.30 bits per heavy atom. The Balaban J connectivity index is 1.93. The summed E-state index contributed by atoms with van der Waals surface area (Å²) < 4.78 is 6.17. The summed E-state index contributed by atoms with van der Waals surface area (Å²) in [6, 6.07) is 13.0. The van der Waals surface area contributed by atoms with Crippen LogP contribution < -0.4 is 0 Å². The first-order valence-corrected chi connectivity index (χ1v) is 10.7. The van der Waals surface area contributed by atoms with Gasteiger partial charge in [0.05, 0.1) is 6.07 Å². The van der Waals surface area contributed by atoms with Gasteiger partial charge in [0.15, 0.2) is 8.32 Å². The molecule has 1 aromatic carbocycles. The molecule has 1 aliphatic rings. The fourth-order valence-corrected chi connectivity index (χ4v) is 4.16. The van der Waals surface area contributed by atoms with Crippen LogP contribution in [0.5, 0.6) is 0 Å². The minimum atomic E-state index is -1.68. The molecule has 0 radical (unpaired) electrons. The molecule has 1 heterocycles. The van der Waals surface area contributed by atoms with Gasteiger partial charge in [-0.3, -0.25) is 4.90 Å². The van der Waals surface area contributed by atoms with Crippen LogP contribution in [0, 0.1) is 11.3 Å². The second-order valence-electron chi connectivity index (χ2n) is 6.58. The third-order valence-corrected chi connectivity index (χ3v) is 4.62. The molecule has 0 spiro atoms. The van der Waals surface area contributed by atoms with Crippen molar-refractivity contribution in [1.29, 1.82) is 5.26 Å². The van der Waals surface area contributed by atoms with Crippen molar-refractivity contribution in [2.45, 2.75) is 44.6 Å². The van der Waals surface area contributed by atoms with Gasteiger partial charge in [0, 0.05) is 32.5 Å². The Hall–Kier alpha value is -1.15. The molecule has 0 atom stereocenters. The van der Waals surface area contributed by atoms with E-state index in [9.17, 15) is 5.26 Å². The van der Waals surface area contributed by atoms with Crippen molar-refractivity contribution in [3.8, 4) is 6.07 Å². The maximum absolute atomic E-state index is 9.51. The van der Waals surface area contributed by atoms with E-state index in [1.807, 2.05) is 6.07 Å². The molecule has 20 heavy (non-hydrogen) atoms. The Labute approximate surface area is 123 Å².